The Balaban J connectivity index is 1.77. The first-order valence-electron chi connectivity index (χ1n) is 8.32. The lowest BCUT2D eigenvalue weighted by atomic mass is 9.78. The van der Waals surface area contributed by atoms with Gasteiger partial charge in [0.1, 0.15) is 0 Å². The predicted octanol–water partition coefficient (Wildman–Crippen LogP) is 3.68. The fraction of sp³-hybridized carbons (Fsp3) is 0.474. The zero-order valence-corrected chi connectivity index (χ0v) is 13.5. The molecule has 3 unspecified atom stereocenters. The number of hydrogen-bond donors (Lipinski definition) is 0. The molecule has 2 amide bonds. The van der Waals surface area contributed by atoms with E-state index in [-0.39, 0.29) is 23.8 Å². The SMILES string of the molecule is CN1/C=C/C(C2C=CC=CC2C#N)C/C=C/N(CC2CC2)C1=O. The van der Waals surface area contributed by atoms with Gasteiger partial charge < -0.3 is 9.80 Å². The summed E-state index contributed by atoms with van der Waals surface area (Å²) in [6.07, 6.45) is 19.2. The van der Waals surface area contributed by atoms with E-state index >= 15 is 0 Å². The highest BCUT2D eigenvalue weighted by Crippen LogP contribution is 2.32. The summed E-state index contributed by atoms with van der Waals surface area (Å²) in [7, 11) is 1.80. The minimum atomic E-state index is -0.104. The van der Waals surface area contributed by atoms with Crippen LogP contribution in [0.2, 0.25) is 0 Å². The normalized spacial score (nSPS) is 33.6. The molecule has 3 rings (SSSR count). The van der Waals surface area contributed by atoms with E-state index in [1.165, 1.54) is 12.8 Å². The number of hydrogen-bond acceptors (Lipinski definition) is 2. The third-order valence-electron chi connectivity index (χ3n) is 4.77. The number of nitrogens with zero attached hydrogens (tertiary/aromatic N) is 3. The molecule has 4 heteroatoms. The quantitative estimate of drug-likeness (QED) is 0.798. The highest BCUT2D eigenvalue weighted by Gasteiger charge is 2.29. The zero-order valence-electron chi connectivity index (χ0n) is 13.5. The lowest BCUT2D eigenvalue weighted by molar-refractivity contribution is 0.192. The van der Waals surface area contributed by atoms with Gasteiger partial charge in [-0.25, -0.2) is 4.79 Å². The van der Waals surface area contributed by atoms with Gasteiger partial charge in [0, 0.05) is 31.9 Å². The molecule has 1 heterocycles. The van der Waals surface area contributed by atoms with Crippen molar-refractivity contribution in [3.05, 3.63) is 48.9 Å². The summed E-state index contributed by atoms with van der Waals surface area (Å²) in [6.45, 7) is 0.811. The Labute approximate surface area is 138 Å². The van der Waals surface area contributed by atoms with E-state index in [1.807, 2.05) is 35.5 Å². The molecule has 23 heavy (non-hydrogen) atoms. The molecular weight excluding hydrogens is 286 g/mol. The van der Waals surface area contributed by atoms with Crippen LogP contribution in [0.5, 0.6) is 0 Å². The average Bonchev–Trinajstić information content (AvgIpc) is 3.38. The van der Waals surface area contributed by atoms with Crippen LogP contribution in [0.4, 0.5) is 4.79 Å². The molecule has 1 aliphatic heterocycles. The third kappa shape index (κ3) is 3.73. The van der Waals surface area contributed by atoms with Gasteiger partial charge in [0.2, 0.25) is 0 Å². The van der Waals surface area contributed by atoms with Crippen molar-refractivity contribution in [3.8, 4) is 6.07 Å². The molecule has 4 nitrogen and oxygen atoms in total. The van der Waals surface area contributed by atoms with E-state index in [0.717, 1.165) is 13.0 Å². The number of carbonyl (C=O) groups is 1. The standard InChI is InChI=1S/C19H23N3O/c1-21-12-10-16(18-7-3-2-5-17(18)13-20)6-4-11-22(19(21)23)14-15-8-9-15/h2-5,7,10-12,15-18H,6,8-9,14H2,1H3/b11-4+,12-10+. The van der Waals surface area contributed by atoms with Crippen molar-refractivity contribution >= 4 is 6.03 Å². The van der Waals surface area contributed by atoms with Crippen molar-refractivity contribution in [2.45, 2.75) is 19.3 Å². The van der Waals surface area contributed by atoms with Crippen molar-refractivity contribution < 1.29 is 4.79 Å². The van der Waals surface area contributed by atoms with Crippen molar-refractivity contribution in [1.29, 1.82) is 5.26 Å². The summed E-state index contributed by atoms with van der Waals surface area (Å²) in [6, 6.07) is 2.39. The Morgan fingerprint density at radius 3 is 2.74 bits per heavy atom. The molecule has 0 N–H and O–H groups in total. The van der Waals surface area contributed by atoms with Crippen LogP contribution >= 0.6 is 0 Å². The first kappa shape index (κ1) is 15.6. The van der Waals surface area contributed by atoms with E-state index in [4.69, 9.17) is 0 Å². The van der Waals surface area contributed by atoms with Crippen molar-refractivity contribution in [1.82, 2.24) is 9.80 Å². The van der Waals surface area contributed by atoms with Crippen LogP contribution in [0.25, 0.3) is 0 Å². The van der Waals surface area contributed by atoms with Gasteiger partial charge in [-0.2, -0.15) is 5.26 Å². The minimum Gasteiger partial charge on any atom is -0.304 e. The highest BCUT2D eigenvalue weighted by atomic mass is 16.2. The van der Waals surface area contributed by atoms with Gasteiger partial charge in [-0.1, -0.05) is 36.5 Å². The molecule has 0 aromatic heterocycles. The number of carbonyl (C=O) groups excluding carboxylic acids is 1. The van der Waals surface area contributed by atoms with Crippen LogP contribution in [0, 0.1) is 35.0 Å². The Hall–Kier alpha value is -2.28. The van der Waals surface area contributed by atoms with E-state index in [0.29, 0.717) is 5.92 Å². The first-order chi connectivity index (χ1) is 11.2. The average molecular weight is 309 g/mol. The maximum absolute atomic E-state index is 12.5. The molecule has 1 fully saturated rings. The molecule has 0 bridgehead atoms. The topological polar surface area (TPSA) is 47.3 Å². The molecule has 0 aromatic rings. The van der Waals surface area contributed by atoms with Gasteiger partial charge in [0.25, 0.3) is 0 Å². The molecule has 0 spiro atoms. The molecule has 0 aromatic carbocycles. The number of urea groups is 1. The molecule has 0 saturated heterocycles. The molecule has 0 radical (unpaired) electrons. The second-order valence-corrected chi connectivity index (χ2v) is 6.62. The Morgan fingerprint density at radius 1 is 1.22 bits per heavy atom. The number of nitriles is 1. The van der Waals surface area contributed by atoms with Crippen molar-refractivity contribution in [2.75, 3.05) is 13.6 Å². The number of allylic oxidation sites excluding steroid dienone is 6. The van der Waals surface area contributed by atoms with E-state index in [1.54, 1.807) is 11.9 Å². The monoisotopic (exact) mass is 309 g/mol. The first-order valence-corrected chi connectivity index (χ1v) is 8.32. The van der Waals surface area contributed by atoms with Crippen LogP contribution in [-0.2, 0) is 0 Å². The third-order valence-corrected chi connectivity index (χ3v) is 4.77. The van der Waals surface area contributed by atoms with Crippen LogP contribution in [0.3, 0.4) is 0 Å². The fourth-order valence-corrected chi connectivity index (χ4v) is 3.16. The van der Waals surface area contributed by atoms with Crippen molar-refractivity contribution in [3.63, 3.8) is 0 Å². The van der Waals surface area contributed by atoms with Gasteiger partial charge in [0.05, 0.1) is 12.0 Å². The highest BCUT2D eigenvalue weighted by molar-refractivity contribution is 5.76. The maximum Gasteiger partial charge on any atom is 0.327 e. The molecule has 3 aliphatic rings. The van der Waals surface area contributed by atoms with Gasteiger partial charge >= 0.3 is 6.03 Å². The summed E-state index contributed by atoms with van der Waals surface area (Å²) in [5, 5.41) is 9.37. The molecule has 3 atom stereocenters. The van der Waals surface area contributed by atoms with Gasteiger partial charge in [-0.05, 0) is 31.1 Å². The molecule has 120 valence electrons. The number of rotatable bonds is 3. The molecular formula is C19H23N3O. The van der Waals surface area contributed by atoms with Gasteiger partial charge in [-0.15, -0.1) is 0 Å². The smallest absolute Gasteiger partial charge is 0.304 e. The molecule has 2 aliphatic carbocycles. The Kier molecular flexibility index (Phi) is 4.66. The second kappa shape index (κ2) is 6.87. The Morgan fingerprint density at radius 2 is 2.00 bits per heavy atom. The molecule has 1 saturated carbocycles. The summed E-state index contributed by atoms with van der Waals surface area (Å²) in [4.78, 5) is 16.0. The number of amides is 2. The van der Waals surface area contributed by atoms with Crippen LogP contribution < -0.4 is 0 Å². The largest absolute Gasteiger partial charge is 0.327 e. The summed E-state index contributed by atoms with van der Waals surface area (Å²) < 4.78 is 0. The Bertz CT molecular complexity index is 607. The lowest BCUT2D eigenvalue weighted by Crippen LogP contribution is -2.36. The minimum absolute atomic E-state index is 0.0148. The van der Waals surface area contributed by atoms with Gasteiger partial charge in [0.15, 0.2) is 0 Å². The lowest BCUT2D eigenvalue weighted by Gasteiger charge is -2.25. The van der Waals surface area contributed by atoms with Gasteiger partial charge in [-0.3, -0.25) is 0 Å². The van der Waals surface area contributed by atoms with Crippen LogP contribution in [-0.4, -0.2) is 29.4 Å². The van der Waals surface area contributed by atoms with E-state index in [2.05, 4.69) is 24.3 Å². The second-order valence-electron chi connectivity index (χ2n) is 6.62. The van der Waals surface area contributed by atoms with Crippen LogP contribution in [0.1, 0.15) is 19.3 Å². The van der Waals surface area contributed by atoms with E-state index < -0.39 is 0 Å². The zero-order chi connectivity index (χ0) is 16.2. The fourth-order valence-electron chi connectivity index (χ4n) is 3.16. The van der Waals surface area contributed by atoms with Crippen LogP contribution in [0.15, 0.2) is 48.9 Å². The van der Waals surface area contributed by atoms with E-state index in [9.17, 15) is 10.1 Å². The maximum atomic E-state index is 12.5. The van der Waals surface area contributed by atoms with Crippen molar-refractivity contribution in [2.24, 2.45) is 23.7 Å². The predicted molar refractivity (Wildman–Crippen MR) is 89.8 cm³/mol. The summed E-state index contributed by atoms with van der Waals surface area (Å²) in [5.74, 6) is 0.928. The summed E-state index contributed by atoms with van der Waals surface area (Å²) >= 11 is 0. The summed E-state index contributed by atoms with van der Waals surface area (Å²) in [5.41, 5.74) is 0.